The lowest BCUT2D eigenvalue weighted by Gasteiger charge is -2.38. The van der Waals surface area contributed by atoms with Crippen LogP contribution in [0.15, 0.2) is 30.3 Å². The molecule has 1 aliphatic carbocycles. The first kappa shape index (κ1) is 27.2. The molecule has 5 nitrogen and oxygen atoms in total. The number of rotatable bonds is 7. The number of nitrogens with two attached hydrogens (primary N) is 1. The number of aromatic nitrogens is 1. The molecule has 31 heavy (non-hydrogen) atoms. The summed E-state index contributed by atoms with van der Waals surface area (Å²) in [6, 6.07) is 10.9. The van der Waals surface area contributed by atoms with E-state index in [4.69, 9.17) is 10.5 Å². The second kappa shape index (κ2) is 11.7. The number of nitrogens with one attached hydrogen (secondary N) is 1. The molecule has 0 aliphatic heterocycles. The second-order valence-corrected chi connectivity index (χ2v) is 8.28. The van der Waals surface area contributed by atoms with Crippen LogP contribution in [0.2, 0.25) is 0 Å². The molecule has 0 spiro atoms. The third-order valence-electron chi connectivity index (χ3n) is 6.18. The highest BCUT2D eigenvalue weighted by Gasteiger charge is 2.40. The normalized spacial score (nSPS) is 20.3. The maximum atomic E-state index is 12.5. The highest BCUT2D eigenvalue weighted by atomic mass is 35.5. The minimum absolute atomic E-state index is 0. The van der Waals surface area contributed by atoms with Crippen LogP contribution in [0.1, 0.15) is 49.6 Å². The maximum Gasteiger partial charge on any atom is 0.223 e. The average Bonchev–Trinajstić information content (AvgIpc) is 2.69. The van der Waals surface area contributed by atoms with Gasteiger partial charge in [0.1, 0.15) is 5.75 Å². The first-order valence-corrected chi connectivity index (χ1v) is 10.6. The molecule has 0 unspecified atom stereocenters. The van der Waals surface area contributed by atoms with Gasteiger partial charge in [0, 0.05) is 17.4 Å². The van der Waals surface area contributed by atoms with Crippen LogP contribution in [-0.2, 0) is 11.2 Å². The third-order valence-corrected chi connectivity index (χ3v) is 6.18. The first-order chi connectivity index (χ1) is 13.9. The van der Waals surface area contributed by atoms with Gasteiger partial charge in [0.05, 0.1) is 12.0 Å². The van der Waals surface area contributed by atoms with Crippen LogP contribution in [0.4, 0.5) is 0 Å². The summed E-state index contributed by atoms with van der Waals surface area (Å²) in [4.78, 5) is 17.0. The Morgan fingerprint density at radius 2 is 1.74 bits per heavy atom. The number of carbonyl (C=O) groups is 1. The fourth-order valence-corrected chi connectivity index (χ4v) is 4.53. The van der Waals surface area contributed by atoms with Crippen LogP contribution in [0.5, 0.6) is 5.75 Å². The zero-order chi connectivity index (χ0) is 21.0. The zero-order valence-electron chi connectivity index (χ0n) is 18.9. The first-order valence-electron chi connectivity index (χ1n) is 10.6. The van der Waals surface area contributed by atoms with Crippen LogP contribution < -0.4 is 15.8 Å². The summed E-state index contributed by atoms with van der Waals surface area (Å²) in [5, 5.41) is 3.33. The molecule has 1 aromatic heterocycles. The second-order valence-electron chi connectivity index (χ2n) is 8.28. The van der Waals surface area contributed by atoms with Crippen LogP contribution in [0.25, 0.3) is 11.1 Å². The average molecular weight is 468 g/mol. The largest absolute Gasteiger partial charge is 0.494 e. The lowest BCUT2D eigenvalue weighted by Crippen LogP contribution is -2.45. The van der Waals surface area contributed by atoms with Crippen LogP contribution >= 0.6 is 24.8 Å². The number of ether oxygens (including phenoxy) is 1. The molecule has 1 fully saturated rings. The molecule has 3 N–H and O–H groups in total. The predicted molar refractivity (Wildman–Crippen MR) is 131 cm³/mol. The Morgan fingerprint density at radius 3 is 2.26 bits per heavy atom. The molecule has 0 radical (unpaired) electrons. The molecule has 1 heterocycles. The number of halogens is 2. The Hall–Kier alpha value is -1.82. The van der Waals surface area contributed by atoms with Gasteiger partial charge >= 0.3 is 0 Å². The van der Waals surface area contributed by atoms with Crippen LogP contribution in [0, 0.1) is 19.3 Å². The third kappa shape index (κ3) is 6.34. The summed E-state index contributed by atoms with van der Waals surface area (Å²) in [5.41, 5.74) is 10.7. The van der Waals surface area contributed by atoms with E-state index in [9.17, 15) is 4.79 Å². The standard InChI is InChI=1S/C24H33N3O2.2ClH/c1-5-29-22-7-6-18(19-12-16(2)27-17(3)13-19)14-20(22)15-24(23(25)28)10-8-21(26-4)9-11-24;;/h6-7,12-14,21,26H,5,8-11,15H2,1-4H3,(H2,25,28);2*1H. The van der Waals surface area contributed by atoms with E-state index in [2.05, 4.69) is 34.6 Å². The lowest BCUT2D eigenvalue weighted by molar-refractivity contribution is -0.129. The van der Waals surface area contributed by atoms with Crippen molar-refractivity contribution in [3.8, 4) is 16.9 Å². The SMILES string of the molecule is CCOc1ccc(-c2cc(C)nc(C)c2)cc1CC1(C(N)=O)CCC(NC)CC1.Cl.Cl. The number of primary amides is 1. The van der Waals surface area contributed by atoms with Gasteiger partial charge in [-0.2, -0.15) is 0 Å². The van der Waals surface area contributed by atoms with Gasteiger partial charge in [-0.05, 0) is 101 Å². The molecular formula is C24H35Cl2N3O2. The molecule has 1 aliphatic rings. The molecule has 1 amide bonds. The summed E-state index contributed by atoms with van der Waals surface area (Å²) in [6.07, 6.45) is 4.15. The van der Waals surface area contributed by atoms with Crippen molar-refractivity contribution in [1.29, 1.82) is 0 Å². The highest BCUT2D eigenvalue weighted by molar-refractivity contribution is 5.85. The van der Waals surface area contributed by atoms with Crippen molar-refractivity contribution in [1.82, 2.24) is 10.3 Å². The van der Waals surface area contributed by atoms with E-state index in [1.54, 1.807) is 0 Å². The van der Waals surface area contributed by atoms with Crippen molar-refractivity contribution < 1.29 is 9.53 Å². The molecule has 2 aromatic rings. The predicted octanol–water partition coefficient (Wildman–Crippen LogP) is 4.78. The Bertz CT molecular complexity index is 861. The summed E-state index contributed by atoms with van der Waals surface area (Å²) in [5.74, 6) is 0.644. The number of hydrogen-bond acceptors (Lipinski definition) is 4. The van der Waals surface area contributed by atoms with Crippen LogP contribution in [0.3, 0.4) is 0 Å². The van der Waals surface area contributed by atoms with Gasteiger partial charge in [-0.1, -0.05) is 6.07 Å². The molecule has 1 aromatic carbocycles. The van der Waals surface area contributed by atoms with Gasteiger partial charge in [-0.15, -0.1) is 24.8 Å². The Labute approximate surface area is 198 Å². The van der Waals surface area contributed by atoms with E-state index in [-0.39, 0.29) is 30.7 Å². The summed E-state index contributed by atoms with van der Waals surface area (Å²) < 4.78 is 5.91. The number of carbonyl (C=O) groups excluding carboxylic acids is 1. The smallest absolute Gasteiger partial charge is 0.223 e. The van der Waals surface area contributed by atoms with Crippen molar-refractivity contribution in [2.45, 2.75) is 58.9 Å². The van der Waals surface area contributed by atoms with Gasteiger partial charge in [0.25, 0.3) is 0 Å². The van der Waals surface area contributed by atoms with Crippen molar-refractivity contribution in [2.24, 2.45) is 11.1 Å². The van der Waals surface area contributed by atoms with Gasteiger partial charge in [0.2, 0.25) is 5.91 Å². The number of nitrogens with zero attached hydrogens (tertiary/aromatic N) is 1. The fraction of sp³-hybridized carbons (Fsp3) is 0.500. The van der Waals surface area contributed by atoms with Crippen molar-refractivity contribution in [3.63, 3.8) is 0 Å². The Morgan fingerprint density at radius 1 is 1.13 bits per heavy atom. The molecule has 0 saturated heterocycles. The summed E-state index contributed by atoms with van der Waals surface area (Å²) in [6.45, 7) is 6.59. The van der Waals surface area contributed by atoms with Gasteiger partial charge in [0.15, 0.2) is 0 Å². The topological polar surface area (TPSA) is 77.2 Å². The molecule has 172 valence electrons. The van der Waals surface area contributed by atoms with Crippen LogP contribution in [-0.4, -0.2) is 30.6 Å². The van der Waals surface area contributed by atoms with Gasteiger partial charge in [-0.25, -0.2) is 0 Å². The van der Waals surface area contributed by atoms with Crippen molar-refractivity contribution in [3.05, 3.63) is 47.3 Å². The van der Waals surface area contributed by atoms with Gasteiger partial charge < -0.3 is 15.8 Å². The minimum Gasteiger partial charge on any atom is -0.494 e. The molecule has 0 bridgehead atoms. The number of hydrogen-bond donors (Lipinski definition) is 2. The molecule has 7 heteroatoms. The van der Waals surface area contributed by atoms with E-state index in [1.165, 1.54) is 0 Å². The van der Waals surface area contributed by atoms with Crippen molar-refractivity contribution in [2.75, 3.05) is 13.7 Å². The molecule has 0 atom stereocenters. The fourth-order valence-electron chi connectivity index (χ4n) is 4.53. The molecule has 1 saturated carbocycles. The number of pyridine rings is 1. The van der Waals surface area contributed by atoms with E-state index in [0.29, 0.717) is 19.1 Å². The van der Waals surface area contributed by atoms with E-state index in [0.717, 1.165) is 59.5 Å². The lowest BCUT2D eigenvalue weighted by atomic mass is 9.68. The van der Waals surface area contributed by atoms with Gasteiger partial charge in [-0.3, -0.25) is 9.78 Å². The zero-order valence-corrected chi connectivity index (χ0v) is 20.5. The Balaban J connectivity index is 0.00000240. The maximum absolute atomic E-state index is 12.5. The number of amides is 1. The summed E-state index contributed by atoms with van der Waals surface area (Å²) >= 11 is 0. The van der Waals surface area contributed by atoms with E-state index < -0.39 is 5.41 Å². The highest BCUT2D eigenvalue weighted by Crippen LogP contribution is 2.41. The van der Waals surface area contributed by atoms with E-state index >= 15 is 0 Å². The van der Waals surface area contributed by atoms with E-state index in [1.807, 2.05) is 33.9 Å². The molecule has 3 rings (SSSR count). The minimum atomic E-state index is -0.512. The van der Waals surface area contributed by atoms with Crippen molar-refractivity contribution >= 4 is 30.7 Å². The number of benzene rings is 1. The monoisotopic (exact) mass is 467 g/mol. The molecular weight excluding hydrogens is 433 g/mol. The quantitative estimate of drug-likeness (QED) is 0.613. The summed E-state index contributed by atoms with van der Waals surface area (Å²) in [7, 11) is 1.98. The Kier molecular flexibility index (Phi) is 10.3. The number of aryl methyl sites for hydroxylation is 2.